The monoisotopic (exact) mass is 207 g/mol. The van der Waals surface area contributed by atoms with E-state index in [4.69, 9.17) is 5.11 Å². The Labute approximate surface area is 78.2 Å². The largest absolute Gasteiger partial charge is 0.496 e. The highest BCUT2D eigenvalue weighted by atomic mass is 19.4. The molecule has 0 aliphatic heterocycles. The maximum absolute atomic E-state index is 12.3. The lowest BCUT2D eigenvalue weighted by Crippen LogP contribution is -2.12. The number of rotatable bonds is 2. The predicted molar refractivity (Wildman–Crippen MR) is 41.7 cm³/mol. The maximum atomic E-state index is 12.3. The third-order valence-corrected chi connectivity index (χ3v) is 1.66. The summed E-state index contributed by atoms with van der Waals surface area (Å²) in [5.74, 6) is -0.0187. The van der Waals surface area contributed by atoms with E-state index in [-0.39, 0.29) is 11.3 Å². The molecule has 0 saturated heterocycles. The number of methoxy groups -OCH3 is 1. The van der Waals surface area contributed by atoms with Crippen LogP contribution in [0.2, 0.25) is 0 Å². The Balaban J connectivity index is 3.29. The lowest BCUT2D eigenvalue weighted by Gasteiger charge is -2.12. The fraction of sp³-hybridized carbons (Fsp3) is 0.375. The first-order valence-corrected chi connectivity index (χ1v) is 3.70. The van der Waals surface area contributed by atoms with Gasteiger partial charge in [-0.2, -0.15) is 13.2 Å². The molecule has 0 radical (unpaired) electrons. The van der Waals surface area contributed by atoms with Crippen molar-refractivity contribution in [3.8, 4) is 5.75 Å². The molecule has 0 spiro atoms. The molecule has 78 valence electrons. The van der Waals surface area contributed by atoms with E-state index in [1.807, 2.05) is 0 Å². The number of aliphatic hydroxyl groups excluding tert-OH is 1. The van der Waals surface area contributed by atoms with Gasteiger partial charge >= 0.3 is 6.18 Å². The van der Waals surface area contributed by atoms with E-state index in [2.05, 4.69) is 9.72 Å². The second kappa shape index (κ2) is 3.83. The van der Waals surface area contributed by atoms with E-state index in [0.717, 1.165) is 6.20 Å². The number of pyridine rings is 1. The SMILES string of the molecule is COc1ccnc(C(F)(F)F)c1CO. The summed E-state index contributed by atoms with van der Waals surface area (Å²) in [5, 5.41) is 8.77. The van der Waals surface area contributed by atoms with Crippen molar-refractivity contribution in [2.75, 3.05) is 7.11 Å². The standard InChI is InChI=1S/C8H8F3NO2/c1-14-6-2-3-12-7(5(6)4-13)8(9,10)11/h2-3,13H,4H2,1H3. The van der Waals surface area contributed by atoms with Crippen molar-refractivity contribution in [1.29, 1.82) is 0 Å². The van der Waals surface area contributed by atoms with E-state index >= 15 is 0 Å². The number of ether oxygens (including phenoxy) is 1. The maximum Gasteiger partial charge on any atom is 0.433 e. The highest BCUT2D eigenvalue weighted by molar-refractivity contribution is 5.36. The van der Waals surface area contributed by atoms with Crippen LogP contribution < -0.4 is 4.74 Å². The van der Waals surface area contributed by atoms with Crippen molar-refractivity contribution >= 4 is 0 Å². The van der Waals surface area contributed by atoms with Gasteiger partial charge in [-0.15, -0.1) is 0 Å². The molecule has 6 heteroatoms. The number of aromatic nitrogens is 1. The summed E-state index contributed by atoms with van der Waals surface area (Å²) in [5.41, 5.74) is -1.46. The normalized spacial score (nSPS) is 11.5. The van der Waals surface area contributed by atoms with Crippen LogP contribution in [0.15, 0.2) is 12.3 Å². The minimum Gasteiger partial charge on any atom is -0.496 e. The summed E-state index contributed by atoms with van der Waals surface area (Å²) < 4.78 is 41.6. The zero-order valence-corrected chi connectivity index (χ0v) is 7.30. The highest BCUT2D eigenvalue weighted by Gasteiger charge is 2.36. The van der Waals surface area contributed by atoms with Crippen molar-refractivity contribution in [3.05, 3.63) is 23.5 Å². The van der Waals surface area contributed by atoms with Gasteiger partial charge in [-0.3, -0.25) is 4.98 Å². The van der Waals surface area contributed by atoms with Crippen LogP contribution in [0.25, 0.3) is 0 Å². The van der Waals surface area contributed by atoms with E-state index in [0.29, 0.717) is 0 Å². The Kier molecular flexibility index (Phi) is 2.95. The Morgan fingerprint density at radius 3 is 2.57 bits per heavy atom. The van der Waals surface area contributed by atoms with Gasteiger partial charge in [0.1, 0.15) is 5.75 Å². The number of hydrogen-bond donors (Lipinski definition) is 1. The third-order valence-electron chi connectivity index (χ3n) is 1.66. The quantitative estimate of drug-likeness (QED) is 0.800. The van der Waals surface area contributed by atoms with Crippen LogP contribution in [-0.4, -0.2) is 17.2 Å². The molecule has 0 fully saturated rings. The molecular weight excluding hydrogens is 199 g/mol. The summed E-state index contributed by atoms with van der Waals surface area (Å²) in [4.78, 5) is 3.16. The zero-order valence-electron chi connectivity index (χ0n) is 7.30. The minimum atomic E-state index is -4.58. The van der Waals surface area contributed by atoms with E-state index < -0.39 is 18.5 Å². The molecule has 0 aliphatic carbocycles. The summed E-state index contributed by atoms with van der Waals surface area (Å²) in [6.07, 6.45) is -3.59. The predicted octanol–water partition coefficient (Wildman–Crippen LogP) is 1.60. The molecule has 1 aromatic heterocycles. The molecule has 1 N–H and O–H groups in total. The lowest BCUT2D eigenvalue weighted by atomic mass is 10.2. The van der Waals surface area contributed by atoms with Crippen molar-refractivity contribution in [2.45, 2.75) is 12.8 Å². The zero-order chi connectivity index (χ0) is 10.8. The lowest BCUT2D eigenvalue weighted by molar-refractivity contribution is -0.142. The molecule has 0 aliphatic rings. The molecule has 14 heavy (non-hydrogen) atoms. The van der Waals surface area contributed by atoms with Crippen LogP contribution >= 0.6 is 0 Å². The fourth-order valence-corrected chi connectivity index (χ4v) is 1.06. The Morgan fingerprint density at radius 1 is 1.50 bits per heavy atom. The molecule has 0 bridgehead atoms. The molecule has 1 aromatic rings. The van der Waals surface area contributed by atoms with Gasteiger partial charge in [-0.25, -0.2) is 0 Å². The smallest absolute Gasteiger partial charge is 0.433 e. The van der Waals surface area contributed by atoms with Gasteiger partial charge in [0.15, 0.2) is 5.69 Å². The van der Waals surface area contributed by atoms with Crippen LogP contribution in [0.3, 0.4) is 0 Å². The van der Waals surface area contributed by atoms with Crippen LogP contribution in [0, 0.1) is 0 Å². The average Bonchev–Trinajstić information content (AvgIpc) is 2.15. The summed E-state index contributed by atoms with van der Waals surface area (Å²) >= 11 is 0. The van der Waals surface area contributed by atoms with E-state index in [1.54, 1.807) is 0 Å². The van der Waals surface area contributed by atoms with Gasteiger partial charge in [0.05, 0.1) is 19.3 Å². The first-order valence-electron chi connectivity index (χ1n) is 3.70. The van der Waals surface area contributed by atoms with Crippen LogP contribution in [0.4, 0.5) is 13.2 Å². The first kappa shape index (κ1) is 10.8. The molecule has 0 amide bonds. The average molecular weight is 207 g/mol. The number of aliphatic hydroxyl groups is 1. The van der Waals surface area contributed by atoms with Gasteiger partial charge in [-0.05, 0) is 6.07 Å². The number of hydrogen-bond acceptors (Lipinski definition) is 3. The molecule has 0 saturated carbocycles. The van der Waals surface area contributed by atoms with Gasteiger partial charge in [0.25, 0.3) is 0 Å². The topological polar surface area (TPSA) is 42.4 Å². The van der Waals surface area contributed by atoms with Crippen molar-refractivity contribution in [2.24, 2.45) is 0 Å². The van der Waals surface area contributed by atoms with Crippen LogP contribution in [0.5, 0.6) is 5.75 Å². The van der Waals surface area contributed by atoms with E-state index in [9.17, 15) is 13.2 Å². The third kappa shape index (κ3) is 1.95. The first-order chi connectivity index (χ1) is 6.50. The molecule has 1 rings (SSSR count). The fourth-order valence-electron chi connectivity index (χ4n) is 1.06. The van der Waals surface area contributed by atoms with E-state index in [1.165, 1.54) is 13.2 Å². The molecule has 0 atom stereocenters. The molecular formula is C8H8F3NO2. The number of halogens is 3. The second-order valence-electron chi connectivity index (χ2n) is 2.50. The second-order valence-corrected chi connectivity index (χ2v) is 2.50. The summed E-state index contributed by atoms with van der Waals surface area (Å²) in [6, 6.07) is 1.26. The Hall–Kier alpha value is -1.30. The molecule has 1 heterocycles. The Bertz CT molecular complexity index is 325. The van der Waals surface area contributed by atoms with Gasteiger partial charge in [0, 0.05) is 6.20 Å². The summed E-state index contributed by atoms with van der Waals surface area (Å²) in [6.45, 7) is -0.758. The van der Waals surface area contributed by atoms with Gasteiger partial charge < -0.3 is 9.84 Å². The highest BCUT2D eigenvalue weighted by Crippen LogP contribution is 2.33. The van der Waals surface area contributed by atoms with Crippen molar-refractivity contribution in [3.63, 3.8) is 0 Å². The number of nitrogens with zero attached hydrogens (tertiary/aromatic N) is 1. The molecule has 3 nitrogen and oxygen atoms in total. The number of alkyl halides is 3. The minimum absolute atomic E-state index is 0.0187. The van der Waals surface area contributed by atoms with Gasteiger partial charge in [0.2, 0.25) is 0 Å². The molecule has 0 unspecified atom stereocenters. The van der Waals surface area contributed by atoms with Crippen LogP contribution in [-0.2, 0) is 12.8 Å². The van der Waals surface area contributed by atoms with Crippen molar-refractivity contribution in [1.82, 2.24) is 4.98 Å². The Morgan fingerprint density at radius 2 is 2.14 bits per heavy atom. The summed E-state index contributed by atoms with van der Waals surface area (Å²) in [7, 11) is 1.23. The van der Waals surface area contributed by atoms with Crippen molar-refractivity contribution < 1.29 is 23.0 Å². The van der Waals surface area contributed by atoms with Gasteiger partial charge in [-0.1, -0.05) is 0 Å². The molecule has 0 aromatic carbocycles. The van der Waals surface area contributed by atoms with Crippen LogP contribution in [0.1, 0.15) is 11.3 Å².